The second kappa shape index (κ2) is 5.34. The van der Waals surface area contributed by atoms with E-state index in [4.69, 9.17) is 0 Å². The van der Waals surface area contributed by atoms with Crippen molar-refractivity contribution in [2.45, 2.75) is 76.4 Å². The van der Waals surface area contributed by atoms with Gasteiger partial charge in [-0.15, -0.1) is 0 Å². The van der Waals surface area contributed by atoms with Gasteiger partial charge in [0.25, 0.3) is 0 Å². The van der Waals surface area contributed by atoms with Gasteiger partial charge in [-0.2, -0.15) is 0 Å². The monoisotopic (exact) mass is 353 g/mol. The Hall–Kier alpha value is -1.35. The van der Waals surface area contributed by atoms with Gasteiger partial charge in [0.15, 0.2) is 0 Å². The van der Waals surface area contributed by atoms with Gasteiger partial charge in [0, 0.05) is 13.1 Å². The van der Waals surface area contributed by atoms with Crippen LogP contribution in [0.2, 0.25) is 0 Å². The Kier molecular flexibility index (Phi) is 3.45. The first kappa shape index (κ1) is 16.8. The molecule has 1 aromatic rings. The highest BCUT2D eigenvalue weighted by Crippen LogP contribution is 2.68. The number of aliphatic hydroxyl groups is 1. The summed E-state index contributed by atoms with van der Waals surface area (Å²) in [5.41, 5.74) is 2.08. The van der Waals surface area contributed by atoms with Crippen molar-refractivity contribution in [1.82, 2.24) is 4.90 Å². The summed E-state index contributed by atoms with van der Waals surface area (Å²) in [5.74, 6) is 0.852. The largest absolute Gasteiger partial charge is 0.390 e. The summed E-state index contributed by atoms with van der Waals surface area (Å²) < 4.78 is 0. The zero-order chi connectivity index (χ0) is 18.2. The minimum atomic E-state index is -0.593. The quantitative estimate of drug-likeness (QED) is 0.900. The predicted octanol–water partition coefficient (Wildman–Crippen LogP) is 3.72. The molecule has 0 aliphatic heterocycles. The highest BCUT2D eigenvalue weighted by Gasteiger charge is 2.65. The van der Waals surface area contributed by atoms with Crippen molar-refractivity contribution in [3.05, 3.63) is 35.4 Å². The molecule has 140 valence electrons. The fourth-order valence-electron chi connectivity index (χ4n) is 7.57. The lowest BCUT2D eigenvalue weighted by Crippen LogP contribution is -2.64. The minimum Gasteiger partial charge on any atom is -0.390 e. The molecule has 0 spiro atoms. The maximum absolute atomic E-state index is 13.7. The molecule has 26 heavy (non-hydrogen) atoms. The van der Waals surface area contributed by atoms with Crippen LogP contribution in [0.5, 0.6) is 0 Å². The number of benzene rings is 1. The van der Waals surface area contributed by atoms with Gasteiger partial charge in [0.2, 0.25) is 5.91 Å². The number of carbonyl (C=O) groups is 1. The van der Waals surface area contributed by atoms with Crippen molar-refractivity contribution < 1.29 is 9.90 Å². The lowest BCUT2D eigenvalue weighted by atomic mass is 9.42. The lowest BCUT2D eigenvalue weighted by Gasteiger charge is -2.65. The molecule has 0 saturated heterocycles. The Morgan fingerprint density at radius 3 is 2.42 bits per heavy atom. The molecule has 3 heteroatoms. The number of hydrogen-bond donors (Lipinski definition) is 1. The molecular formula is C23H31NO2. The normalized spacial score (nSPS) is 40.7. The van der Waals surface area contributed by atoms with Gasteiger partial charge in [-0.25, -0.2) is 0 Å². The van der Waals surface area contributed by atoms with Crippen LogP contribution in [0.1, 0.15) is 63.0 Å². The van der Waals surface area contributed by atoms with Gasteiger partial charge in [0.05, 0.1) is 11.0 Å². The van der Waals surface area contributed by atoms with Crippen LogP contribution in [0.25, 0.3) is 0 Å². The topological polar surface area (TPSA) is 40.5 Å². The summed E-state index contributed by atoms with van der Waals surface area (Å²) in [5, 5.41) is 11.2. The molecule has 4 atom stereocenters. The summed E-state index contributed by atoms with van der Waals surface area (Å²) in [6.45, 7) is 2.26. The highest BCUT2D eigenvalue weighted by atomic mass is 16.3. The molecule has 4 bridgehead atoms. The second-order valence-electron chi connectivity index (χ2n) is 10.1. The van der Waals surface area contributed by atoms with Gasteiger partial charge in [0.1, 0.15) is 0 Å². The molecule has 4 fully saturated rings. The Bertz CT molecular complexity index is 735. The maximum atomic E-state index is 13.7. The Balaban J connectivity index is 1.42. The smallest absolute Gasteiger partial charge is 0.228 e. The molecule has 1 amide bonds. The summed E-state index contributed by atoms with van der Waals surface area (Å²) in [6.07, 6.45) is 8.79. The first-order valence-electron chi connectivity index (χ1n) is 10.4. The fraction of sp³-hybridized carbons (Fsp3) is 0.696. The van der Waals surface area contributed by atoms with E-state index < -0.39 is 5.60 Å². The van der Waals surface area contributed by atoms with Crippen molar-refractivity contribution >= 4 is 5.91 Å². The predicted molar refractivity (Wildman–Crippen MR) is 102 cm³/mol. The Morgan fingerprint density at radius 2 is 1.81 bits per heavy atom. The minimum absolute atomic E-state index is 0.198. The number of likely N-dealkylation sites (N-methyl/N-ethyl adjacent to an activating group) is 1. The fourth-order valence-corrected chi connectivity index (χ4v) is 7.57. The van der Waals surface area contributed by atoms with Gasteiger partial charge in [-0.1, -0.05) is 37.6 Å². The van der Waals surface area contributed by atoms with E-state index >= 15 is 0 Å². The molecular weight excluding hydrogens is 322 g/mol. The molecule has 5 aliphatic carbocycles. The molecule has 0 heterocycles. The van der Waals surface area contributed by atoms with E-state index in [1.54, 1.807) is 0 Å². The van der Waals surface area contributed by atoms with E-state index in [9.17, 15) is 9.90 Å². The molecule has 3 nitrogen and oxygen atoms in total. The van der Waals surface area contributed by atoms with Crippen LogP contribution in [-0.2, 0) is 17.6 Å². The van der Waals surface area contributed by atoms with Crippen molar-refractivity contribution in [2.75, 3.05) is 7.05 Å². The van der Waals surface area contributed by atoms with E-state index in [2.05, 4.69) is 36.1 Å². The Morgan fingerprint density at radius 1 is 1.12 bits per heavy atom. The zero-order valence-electron chi connectivity index (χ0n) is 16.1. The average molecular weight is 354 g/mol. The van der Waals surface area contributed by atoms with Gasteiger partial charge >= 0.3 is 0 Å². The van der Waals surface area contributed by atoms with Crippen LogP contribution in [0.15, 0.2) is 24.3 Å². The van der Waals surface area contributed by atoms with E-state index in [0.717, 1.165) is 44.9 Å². The third-order valence-electron chi connectivity index (χ3n) is 8.26. The number of hydrogen-bond acceptors (Lipinski definition) is 2. The lowest BCUT2D eigenvalue weighted by molar-refractivity contribution is -0.210. The Labute approximate surface area is 156 Å². The third kappa shape index (κ3) is 2.32. The van der Waals surface area contributed by atoms with Crippen LogP contribution in [0.3, 0.4) is 0 Å². The standard InChI is InChI=1S/C23H31NO2/c1-3-21-10-16-11-22(13-21,15-23(26,12-16)14-21)20(25)24(2)19-8-17-6-4-5-7-18(17)9-19/h4-7,16,19,26H,3,8-15H2,1-2H3. The van der Waals surface area contributed by atoms with Crippen molar-refractivity contribution in [3.63, 3.8) is 0 Å². The van der Waals surface area contributed by atoms with Crippen molar-refractivity contribution in [1.29, 1.82) is 0 Å². The van der Waals surface area contributed by atoms with E-state index in [-0.39, 0.29) is 16.9 Å². The van der Waals surface area contributed by atoms with Crippen molar-refractivity contribution in [3.8, 4) is 0 Å². The number of nitrogens with zero attached hydrogens (tertiary/aromatic N) is 1. The van der Waals surface area contributed by atoms with Crippen LogP contribution >= 0.6 is 0 Å². The van der Waals surface area contributed by atoms with E-state index in [0.29, 0.717) is 18.2 Å². The summed E-state index contributed by atoms with van der Waals surface area (Å²) in [6, 6.07) is 8.88. The molecule has 1 N–H and O–H groups in total. The van der Waals surface area contributed by atoms with Gasteiger partial charge < -0.3 is 10.0 Å². The van der Waals surface area contributed by atoms with E-state index in [1.807, 2.05) is 7.05 Å². The van der Waals surface area contributed by atoms with Crippen LogP contribution in [0, 0.1) is 16.7 Å². The molecule has 4 saturated carbocycles. The van der Waals surface area contributed by atoms with E-state index in [1.165, 1.54) is 17.5 Å². The number of carbonyl (C=O) groups excluding carboxylic acids is 1. The average Bonchev–Trinajstić information content (AvgIpc) is 3.02. The third-order valence-corrected chi connectivity index (χ3v) is 8.26. The van der Waals surface area contributed by atoms with Gasteiger partial charge in [-0.05, 0) is 73.8 Å². The molecule has 1 aromatic carbocycles. The van der Waals surface area contributed by atoms with Crippen LogP contribution in [0.4, 0.5) is 0 Å². The second-order valence-corrected chi connectivity index (χ2v) is 10.1. The number of fused-ring (bicyclic) bond motifs is 1. The molecule has 4 unspecified atom stereocenters. The molecule has 0 radical (unpaired) electrons. The number of amides is 1. The zero-order valence-corrected chi connectivity index (χ0v) is 16.1. The molecule has 6 rings (SSSR count). The van der Waals surface area contributed by atoms with Crippen molar-refractivity contribution in [2.24, 2.45) is 16.7 Å². The number of rotatable bonds is 3. The summed E-state index contributed by atoms with van der Waals surface area (Å²) in [4.78, 5) is 15.8. The van der Waals surface area contributed by atoms with Gasteiger partial charge in [-0.3, -0.25) is 4.79 Å². The van der Waals surface area contributed by atoms with Crippen LogP contribution in [-0.4, -0.2) is 34.6 Å². The molecule has 0 aromatic heterocycles. The van der Waals surface area contributed by atoms with Crippen LogP contribution < -0.4 is 0 Å². The summed E-state index contributed by atoms with van der Waals surface area (Å²) in [7, 11) is 2.01. The molecule has 5 aliphatic rings. The maximum Gasteiger partial charge on any atom is 0.228 e. The first-order valence-corrected chi connectivity index (χ1v) is 10.4. The first-order chi connectivity index (χ1) is 12.4. The summed E-state index contributed by atoms with van der Waals surface area (Å²) >= 11 is 0. The highest BCUT2D eigenvalue weighted by molar-refractivity contribution is 5.84. The SMILES string of the molecule is CCC12CC3CC(O)(C1)CC(C(=O)N(C)C1Cc4ccccc4C1)(C3)C2.